The fraction of sp³-hybridized carbons (Fsp3) is 0.100. The Morgan fingerprint density at radius 3 is 3.13 bits per heavy atom. The Bertz CT molecular complexity index is 631. The van der Waals surface area contributed by atoms with Crippen molar-refractivity contribution in [3.05, 3.63) is 30.6 Å². The van der Waals surface area contributed by atoms with Crippen LogP contribution in [0.3, 0.4) is 0 Å². The largest absolute Gasteiger partial charge is 0.466 e. The number of pyridine rings is 2. The Morgan fingerprint density at radius 1 is 1.33 bits per heavy atom. The summed E-state index contributed by atoms with van der Waals surface area (Å²) in [6.07, 6.45) is 3.58. The van der Waals surface area contributed by atoms with E-state index < -0.39 is 0 Å². The molecule has 3 rings (SSSR count). The Labute approximate surface area is 85.3 Å². The molecule has 5 nitrogen and oxygen atoms in total. The van der Waals surface area contributed by atoms with Gasteiger partial charge in [-0.2, -0.15) is 4.98 Å². The first kappa shape index (κ1) is 8.16. The van der Waals surface area contributed by atoms with Crippen molar-refractivity contribution in [3.8, 4) is 6.01 Å². The minimum absolute atomic E-state index is 0.367. The lowest BCUT2D eigenvalue weighted by atomic mass is 10.2. The fourth-order valence-electron chi connectivity index (χ4n) is 1.56. The molecular weight excluding hydrogens is 192 g/mol. The molecule has 3 heterocycles. The summed E-state index contributed by atoms with van der Waals surface area (Å²) in [5.74, 6) is 0. The number of aromatic nitrogens is 4. The molecule has 0 aliphatic carbocycles. The third-order valence-electron chi connectivity index (χ3n) is 2.25. The highest BCUT2D eigenvalue weighted by molar-refractivity contribution is 5.90. The molecule has 0 radical (unpaired) electrons. The van der Waals surface area contributed by atoms with E-state index in [0.717, 1.165) is 16.6 Å². The van der Waals surface area contributed by atoms with Crippen molar-refractivity contribution < 1.29 is 4.74 Å². The first-order chi connectivity index (χ1) is 7.38. The topological polar surface area (TPSA) is 52.3 Å². The second-order valence-electron chi connectivity index (χ2n) is 3.12. The van der Waals surface area contributed by atoms with Crippen LogP contribution in [0.15, 0.2) is 30.6 Å². The zero-order valence-corrected chi connectivity index (χ0v) is 8.08. The van der Waals surface area contributed by atoms with Crippen molar-refractivity contribution in [3.63, 3.8) is 0 Å². The van der Waals surface area contributed by atoms with Gasteiger partial charge in [-0.3, -0.25) is 4.98 Å². The lowest BCUT2D eigenvalue weighted by Gasteiger charge is -1.96. The Morgan fingerprint density at radius 2 is 2.27 bits per heavy atom. The molecule has 0 saturated carbocycles. The molecule has 0 spiro atoms. The highest BCUT2D eigenvalue weighted by atomic mass is 16.5. The molecule has 0 unspecified atom stereocenters. The highest BCUT2D eigenvalue weighted by Gasteiger charge is 2.06. The summed E-state index contributed by atoms with van der Waals surface area (Å²) in [4.78, 5) is 8.49. The minimum atomic E-state index is 0.367. The number of hydrogen-bond donors (Lipinski definition) is 0. The summed E-state index contributed by atoms with van der Waals surface area (Å²) in [5.41, 5.74) is 1.66. The van der Waals surface area contributed by atoms with Crippen LogP contribution in [0.25, 0.3) is 16.6 Å². The van der Waals surface area contributed by atoms with Crippen molar-refractivity contribution in [2.24, 2.45) is 0 Å². The molecular formula is C10H8N4O. The maximum absolute atomic E-state index is 4.98. The summed E-state index contributed by atoms with van der Waals surface area (Å²) in [6.45, 7) is 0. The van der Waals surface area contributed by atoms with E-state index >= 15 is 0 Å². The quantitative estimate of drug-likeness (QED) is 0.593. The van der Waals surface area contributed by atoms with Crippen LogP contribution in [0, 0.1) is 0 Å². The van der Waals surface area contributed by atoms with Crippen molar-refractivity contribution in [2.45, 2.75) is 0 Å². The van der Waals surface area contributed by atoms with Gasteiger partial charge in [0.2, 0.25) is 0 Å². The van der Waals surface area contributed by atoms with Crippen LogP contribution in [0.5, 0.6) is 6.01 Å². The Hall–Kier alpha value is -2.17. The van der Waals surface area contributed by atoms with Crippen molar-refractivity contribution >= 4 is 16.6 Å². The van der Waals surface area contributed by atoms with Crippen LogP contribution < -0.4 is 4.74 Å². The number of ether oxygens (including phenoxy) is 1. The standard InChI is InChI=1S/C10H8N4O/c1-15-10-12-9-7-3-2-5-11-8(7)4-6-14(9)13-10/h2-6H,1H3. The molecule has 0 aliphatic rings. The Balaban J connectivity index is 2.47. The summed E-state index contributed by atoms with van der Waals surface area (Å²) in [6, 6.07) is 6.11. The van der Waals surface area contributed by atoms with Crippen LogP contribution in [0.4, 0.5) is 0 Å². The molecule has 0 amide bonds. The molecule has 3 aromatic rings. The molecule has 0 fully saturated rings. The van der Waals surface area contributed by atoms with Gasteiger partial charge in [0, 0.05) is 17.8 Å². The lowest BCUT2D eigenvalue weighted by Crippen LogP contribution is -1.89. The zero-order chi connectivity index (χ0) is 10.3. The number of fused-ring (bicyclic) bond motifs is 3. The monoisotopic (exact) mass is 200 g/mol. The van der Waals surface area contributed by atoms with E-state index in [1.54, 1.807) is 17.8 Å². The van der Waals surface area contributed by atoms with Gasteiger partial charge in [-0.25, -0.2) is 4.52 Å². The van der Waals surface area contributed by atoms with Gasteiger partial charge >= 0.3 is 6.01 Å². The summed E-state index contributed by atoms with van der Waals surface area (Å²) in [5, 5.41) is 5.11. The third kappa shape index (κ3) is 1.13. The average Bonchev–Trinajstić information content (AvgIpc) is 2.72. The lowest BCUT2D eigenvalue weighted by molar-refractivity contribution is 0.380. The second-order valence-corrected chi connectivity index (χ2v) is 3.12. The maximum Gasteiger partial charge on any atom is 0.336 e. The van der Waals surface area contributed by atoms with Crippen molar-refractivity contribution in [1.29, 1.82) is 0 Å². The maximum atomic E-state index is 4.98. The molecule has 0 bridgehead atoms. The Kier molecular flexibility index (Phi) is 1.58. The van der Waals surface area contributed by atoms with E-state index in [9.17, 15) is 0 Å². The van der Waals surface area contributed by atoms with E-state index in [0.29, 0.717) is 6.01 Å². The fourth-order valence-corrected chi connectivity index (χ4v) is 1.56. The van der Waals surface area contributed by atoms with Gasteiger partial charge in [0.05, 0.1) is 12.6 Å². The third-order valence-corrected chi connectivity index (χ3v) is 2.25. The van der Waals surface area contributed by atoms with Gasteiger partial charge < -0.3 is 4.74 Å². The SMILES string of the molecule is COc1nc2c3cccnc3ccn2n1. The number of nitrogens with zero attached hydrogens (tertiary/aromatic N) is 4. The van der Waals surface area contributed by atoms with E-state index in [2.05, 4.69) is 15.1 Å². The van der Waals surface area contributed by atoms with Gasteiger partial charge in [0.25, 0.3) is 0 Å². The minimum Gasteiger partial charge on any atom is -0.466 e. The van der Waals surface area contributed by atoms with Gasteiger partial charge in [-0.15, -0.1) is 5.10 Å². The molecule has 0 N–H and O–H groups in total. The number of rotatable bonds is 1. The molecule has 0 saturated heterocycles. The average molecular weight is 200 g/mol. The van der Waals surface area contributed by atoms with Gasteiger partial charge in [0.1, 0.15) is 0 Å². The summed E-state index contributed by atoms with van der Waals surface area (Å²) in [7, 11) is 1.55. The normalized spacial score (nSPS) is 11.0. The molecule has 0 atom stereocenters. The van der Waals surface area contributed by atoms with E-state index in [-0.39, 0.29) is 0 Å². The number of methoxy groups -OCH3 is 1. The van der Waals surface area contributed by atoms with Crippen molar-refractivity contribution in [2.75, 3.05) is 7.11 Å². The van der Waals surface area contributed by atoms with Crippen LogP contribution >= 0.6 is 0 Å². The van der Waals surface area contributed by atoms with Crippen LogP contribution in [-0.4, -0.2) is 26.7 Å². The van der Waals surface area contributed by atoms with Crippen molar-refractivity contribution in [1.82, 2.24) is 19.6 Å². The van der Waals surface area contributed by atoms with Gasteiger partial charge in [-0.05, 0) is 18.2 Å². The number of hydrogen-bond acceptors (Lipinski definition) is 4. The van der Waals surface area contributed by atoms with E-state index in [1.165, 1.54) is 0 Å². The molecule has 3 aromatic heterocycles. The highest BCUT2D eigenvalue weighted by Crippen LogP contribution is 2.17. The predicted molar refractivity (Wildman–Crippen MR) is 54.8 cm³/mol. The molecule has 0 aliphatic heterocycles. The van der Waals surface area contributed by atoms with E-state index in [4.69, 9.17) is 4.74 Å². The van der Waals surface area contributed by atoms with E-state index in [1.807, 2.05) is 24.4 Å². The molecule has 0 aromatic carbocycles. The van der Waals surface area contributed by atoms with Crippen LogP contribution in [-0.2, 0) is 0 Å². The first-order valence-electron chi connectivity index (χ1n) is 4.52. The molecule has 5 heteroatoms. The predicted octanol–water partition coefficient (Wildman–Crippen LogP) is 1.29. The zero-order valence-electron chi connectivity index (χ0n) is 8.08. The summed E-state index contributed by atoms with van der Waals surface area (Å²) >= 11 is 0. The summed E-state index contributed by atoms with van der Waals surface area (Å²) < 4.78 is 6.67. The molecule has 15 heavy (non-hydrogen) atoms. The van der Waals surface area contributed by atoms with Gasteiger partial charge in [-0.1, -0.05) is 0 Å². The smallest absolute Gasteiger partial charge is 0.336 e. The van der Waals surface area contributed by atoms with Crippen LogP contribution in [0.1, 0.15) is 0 Å². The second kappa shape index (κ2) is 2.91. The van der Waals surface area contributed by atoms with Gasteiger partial charge in [0.15, 0.2) is 5.65 Å². The van der Waals surface area contributed by atoms with Crippen LogP contribution in [0.2, 0.25) is 0 Å². The molecule has 74 valence electrons. The first-order valence-corrected chi connectivity index (χ1v) is 4.52.